The zero-order valence-electron chi connectivity index (χ0n) is 3.89. The maximum atomic E-state index is 2.62. The van der Waals surface area contributed by atoms with E-state index >= 15 is 0 Å². The van der Waals surface area contributed by atoms with Crippen molar-refractivity contribution >= 4 is 32.8 Å². The van der Waals surface area contributed by atoms with Crippen molar-refractivity contribution in [3.05, 3.63) is 10.1 Å². The molecule has 0 radical (unpaired) electrons. The summed E-state index contributed by atoms with van der Waals surface area (Å²) in [5.74, 6) is 4.69. The lowest BCUT2D eigenvalue weighted by Gasteiger charge is -1.84. The molecule has 1 aliphatic heterocycles. The minimum atomic E-state index is 1.30. The topological polar surface area (TPSA) is 0 Å². The van der Waals surface area contributed by atoms with E-state index in [0.717, 1.165) is 0 Å². The average molecular weight is 150 g/mol. The van der Waals surface area contributed by atoms with Crippen LogP contribution in [0.2, 0.25) is 0 Å². The van der Waals surface area contributed by atoms with Crippen LogP contribution in [0.5, 0.6) is 0 Å². The van der Waals surface area contributed by atoms with Gasteiger partial charge in [0.25, 0.3) is 0 Å². The van der Waals surface area contributed by atoms with Gasteiger partial charge < -0.3 is 0 Å². The van der Waals surface area contributed by atoms with Crippen LogP contribution in [-0.4, -0.2) is 11.5 Å². The highest BCUT2D eigenvalue weighted by Crippen LogP contribution is 2.36. The van der Waals surface area contributed by atoms with E-state index in [2.05, 4.69) is 15.1 Å². The van der Waals surface area contributed by atoms with Crippen molar-refractivity contribution in [3.8, 4) is 0 Å². The number of rotatable bonds is 0. The molecule has 1 aliphatic rings. The van der Waals surface area contributed by atoms with Gasteiger partial charge in [0.2, 0.25) is 0 Å². The van der Waals surface area contributed by atoms with Crippen LogP contribution in [0.3, 0.4) is 0 Å². The first-order valence-electron chi connectivity index (χ1n) is 2.11. The second-order valence-corrected chi connectivity index (χ2v) is 4.05. The summed E-state index contributed by atoms with van der Waals surface area (Å²) in [6.07, 6.45) is 0. The largest absolute Gasteiger partial charge is 0.118 e. The summed E-state index contributed by atoms with van der Waals surface area (Å²) in [6.45, 7) is 0. The molecule has 0 N–H and O–H groups in total. The summed E-state index contributed by atoms with van der Waals surface area (Å²) in [4.78, 5) is 0. The Labute approximate surface area is 54.7 Å². The lowest BCUT2D eigenvalue weighted by molar-refractivity contribution is 1.59. The normalized spacial score (nSPS) is 20.4. The molecule has 0 aromatic heterocycles. The Balaban J connectivity index is 2.41. The van der Waals surface area contributed by atoms with Crippen LogP contribution in [0, 0.1) is 0 Å². The third-order valence-electron chi connectivity index (χ3n) is 0.708. The van der Waals surface area contributed by atoms with Gasteiger partial charge in [-0.25, -0.2) is 0 Å². The minimum Gasteiger partial charge on any atom is -0.118 e. The Morgan fingerprint density at radius 1 is 1.43 bits per heavy atom. The van der Waals surface area contributed by atoms with Crippen molar-refractivity contribution < 1.29 is 0 Å². The van der Waals surface area contributed by atoms with Crippen LogP contribution in [0.4, 0.5) is 0 Å². The van der Waals surface area contributed by atoms with Gasteiger partial charge >= 0.3 is 0 Å². The maximum absolute atomic E-state index is 2.62. The average Bonchev–Trinajstić information content (AvgIpc) is 2.14. The SMILES string of the molecule is PC=C1SCCS1. The van der Waals surface area contributed by atoms with Gasteiger partial charge in [-0.2, -0.15) is 0 Å². The zero-order valence-corrected chi connectivity index (χ0v) is 6.67. The smallest absolute Gasteiger partial charge is 0.0401 e. The molecule has 40 valence electrons. The van der Waals surface area contributed by atoms with Gasteiger partial charge in [0, 0.05) is 15.7 Å². The molecule has 0 bridgehead atoms. The first-order chi connectivity index (χ1) is 3.43. The zero-order chi connectivity index (χ0) is 5.11. The molecule has 1 fully saturated rings. The minimum absolute atomic E-state index is 1.30. The van der Waals surface area contributed by atoms with Crippen LogP contribution < -0.4 is 0 Å². The van der Waals surface area contributed by atoms with Crippen molar-refractivity contribution in [1.82, 2.24) is 0 Å². The molecule has 3 heteroatoms. The monoisotopic (exact) mass is 150 g/mol. The van der Waals surface area contributed by atoms with Gasteiger partial charge in [-0.3, -0.25) is 0 Å². The molecule has 1 rings (SSSR count). The molecule has 1 atom stereocenters. The van der Waals surface area contributed by atoms with E-state index in [1.165, 1.54) is 15.7 Å². The second-order valence-electron chi connectivity index (χ2n) is 1.18. The molecule has 0 spiro atoms. The Morgan fingerprint density at radius 2 is 2.00 bits per heavy atom. The van der Waals surface area contributed by atoms with Crippen molar-refractivity contribution in [2.24, 2.45) is 0 Å². The Bertz CT molecular complexity index is 81.7. The summed E-state index contributed by atoms with van der Waals surface area (Å²) < 4.78 is 1.46. The van der Waals surface area contributed by atoms with E-state index in [0.29, 0.717) is 0 Å². The molecule has 0 aromatic rings. The summed E-state index contributed by atoms with van der Waals surface area (Å²) in [5, 5.41) is 0. The second kappa shape index (κ2) is 3.01. The van der Waals surface area contributed by atoms with Crippen LogP contribution >= 0.6 is 32.8 Å². The molecular formula is C4H7PS2. The third kappa shape index (κ3) is 1.67. The fourth-order valence-electron chi connectivity index (χ4n) is 0.422. The van der Waals surface area contributed by atoms with Gasteiger partial charge in [0.1, 0.15) is 0 Å². The van der Waals surface area contributed by atoms with Crippen molar-refractivity contribution in [2.75, 3.05) is 11.5 Å². The highest BCUT2D eigenvalue weighted by atomic mass is 32.2. The van der Waals surface area contributed by atoms with Crippen molar-refractivity contribution in [1.29, 1.82) is 0 Å². The quantitative estimate of drug-likeness (QED) is 0.485. The van der Waals surface area contributed by atoms with Crippen LogP contribution in [-0.2, 0) is 0 Å². The van der Waals surface area contributed by atoms with Crippen LogP contribution in [0.1, 0.15) is 0 Å². The summed E-state index contributed by atoms with van der Waals surface area (Å²) >= 11 is 3.89. The Hall–Kier alpha value is 0.870. The number of thioether (sulfide) groups is 2. The Kier molecular flexibility index (Phi) is 2.58. The Morgan fingerprint density at radius 3 is 2.29 bits per heavy atom. The van der Waals surface area contributed by atoms with Gasteiger partial charge in [0.15, 0.2) is 0 Å². The van der Waals surface area contributed by atoms with Crippen LogP contribution in [0.15, 0.2) is 10.1 Å². The predicted octanol–water partition coefficient (Wildman–Crippen LogP) is 2.14. The molecule has 0 nitrogen and oxygen atoms in total. The summed E-state index contributed by atoms with van der Waals surface area (Å²) in [5.41, 5.74) is 0. The summed E-state index contributed by atoms with van der Waals surface area (Å²) in [6, 6.07) is 0. The van der Waals surface area contributed by atoms with Crippen molar-refractivity contribution in [3.63, 3.8) is 0 Å². The van der Waals surface area contributed by atoms with E-state index in [9.17, 15) is 0 Å². The fraction of sp³-hybridized carbons (Fsp3) is 0.500. The number of hydrogen-bond donors (Lipinski definition) is 0. The van der Waals surface area contributed by atoms with Gasteiger partial charge in [-0.15, -0.1) is 32.8 Å². The standard InChI is InChI=1S/C4H7PS2/c5-3-4-6-1-2-7-4/h3H,1-2,5H2. The predicted molar refractivity (Wildman–Crippen MR) is 42.7 cm³/mol. The molecule has 1 saturated heterocycles. The maximum Gasteiger partial charge on any atom is 0.0401 e. The van der Waals surface area contributed by atoms with Crippen LogP contribution in [0.25, 0.3) is 0 Å². The first-order valence-corrected chi connectivity index (χ1v) is 4.75. The molecule has 0 aromatic carbocycles. The molecule has 0 amide bonds. The highest BCUT2D eigenvalue weighted by molar-refractivity contribution is 8.25. The summed E-state index contributed by atoms with van der Waals surface area (Å²) in [7, 11) is 2.62. The van der Waals surface area contributed by atoms with E-state index in [-0.39, 0.29) is 0 Å². The third-order valence-corrected chi connectivity index (χ3v) is 4.15. The molecule has 0 aliphatic carbocycles. The molecule has 7 heavy (non-hydrogen) atoms. The molecule has 0 saturated carbocycles. The molecule has 1 unspecified atom stereocenters. The molecular weight excluding hydrogens is 143 g/mol. The van der Waals surface area contributed by atoms with Gasteiger partial charge in [0.05, 0.1) is 0 Å². The molecule has 1 heterocycles. The van der Waals surface area contributed by atoms with Gasteiger partial charge in [-0.1, -0.05) is 0 Å². The van der Waals surface area contributed by atoms with Gasteiger partial charge in [-0.05, 0) is 5.82 Å². The van der Waals surface area contributed by atoms with E-state index < -0.39 is 0 Å². The lowest BCUT2D eigenvalue weighted by atomic mass is 11.0. The first kappa shape index (κ1) is 6.00. The number of hydrogen-bond acceptors (Lipinski definition) is 2. The lowest BCUT2D eigenvalue weighted by Crippen LogP contribution is -1.64. The fourth-order valence-corrected chi connectivity index (χ4v) is 3.09. The van der Waals surface area contributed by atoms with E-state index in [1.54, 1.807) is 0 Å². The highest BCUT2D eigenvalue weighted by Gasteiger charge is 2.04. The van der Waals surface area contributed by atoms with Crippen molar-refractivity contribution in [2.45, 2.75) is 0 Å². The van der Waals surface area contributed by atoms with E-state index in [4.69, 9.17) is 0 Å². The van der Waals surface area contributed by atoms with E-state index in [1.807, 2.05) is 23.5 Å².